The number of thioether (sulfide) groups is 1. The Hall–Kier alpha value is -0.480. The highest BCUT2D eigenvalue weighted by atomic mass is 32.2. The number of rotatable bonds is 5. The number of hydrogen-bond acceptors (Lipinski definition) is 3. The minimum Gasteiger partial charge on any atom is -0.309 e. The zero-order valence-electron chi connectivity index (χ0n) is 10.9. The lowest BCUT2D eigenvalue weighted by Gasteiger charge is -2.18. The van der Waals surface area contributed by atoms with Gasteiger partial charge in [-0.1, -0.05) is 0 Å². The molecule has 0 amide bonds. The molecule has 1 heterocycles. The molecule has 92 valence electrons. The van der Waals surface area contributed by atoms with Gasteiger partial charge in [0.15, 0.2) is 0 Å². The molecule has 0 saturated heterocycles. The van der Waals surface area contributed by atoms with Crippen LogP contribution in [0.15, 0.2) is 12.4 Å². The molecule has 16 heavy (non-hydrogen) atoms. The standard InChI is InChI=1S/C12H23N3S/c1-10(9-16-5)13-6-11-7-14-15(8-11)12(2,3)4/h7-8,10,13H,6,9H2,1-5H3. The first-order chi connectivity index (χ1) is 7.43. The van der Waals surface area contributed by atoms with E-state index in [-0.39, 0.29) is 5.54 Å². The molecule has 0 aliphatic carbocycles. The van der Waals surface area contributed by atoms with Crippen molar-refractivity contribution in [3.05, 3.63) is 18.0 Å². The summed E-state index contributed by atoms with van der Waals surface area (Å²) in [4.78, 5) is 0. The molecule has 1 aromatic rings. The Bertz CT molecular complexity index is 314. The smallest absolute Gasteiger partial charge is 0.0543 e. The van der Waals surface area contributed by atoms with E-state index < -0.39 is 0 Å². The summed E-state index contributed by atoms with van der Waals surface area (Å²) < 4.78 is 2.02. The maximum Gasteiger partial charge on any atom is 0.0543 e. The summed E-state index contributed by atoms with van der Waals surface area (Å²) in [6.45, 7) is 9.59. The zero-order chi connectivity index (χ0) is 12.2. The third-order valence-corrected chi connectivity index (χ3v) is 3.23. The molecule has 0 saturated carbocycles. The van der Waals surface area contributed by atoms with Gasteiger partial charge in [0.1, 0.15) is 0 Å². The second-order valence-corrected chi connectivity index (χ2v) is 6.11. The van der Waals surface area contributed by atoms with Gasteiger partial charge in [0.05, 0.1) is 11.7 Å². The van der Waals surface area contributed by atoms with Crippen molar-refractivity contribution in [1.29, 1.82) is 0 Å². The third-order valence-electron chi connectivity index (χ3n) is 2.39. The molecule has 1 atom stereocenters. The van der Waals surface area contributed by atoms with Gasteiger partial charge in [0.25, 0.3) is 0 Å². The molecule has 0 spiro atoms. The van der Waals surface area contributed by atoms with Gasteiger partial charge in [-0.15, -0.1) is 0 Å². The number of nitrogens with one attached hydrogen (secondary N) is 1. The van der Waals surface area contributed by atoms with Crippen LogP contribution in [-0.4, -0.2) is 27.8 Å². The average molecular weight is 241 g/mol. The fraction of sp³-hybridized carbons (Fsp3) is 0.750. The lowest BCUT2D eigenvalue weighted by Crippen LogP contribution is -2.27. The first kappa shape index (κ1) is 13.6. The largest absolute Gasteiger partial charge is 0.309 e. The van der Waals surface area contributed by atoms with Crippen LogP contribution in [-0.2, 0) is 12.1 Å². The van der Waals surface area contributed by atoms with Crippen LogP contribution in [0.5, 0.6) is 0 Å². The number of nitrogens with zero attached hydrogens (tertiary/aromatic N) is 2. The average Bonchev–Trinajstić information content (AvgIpc) is 2.63. The van der Waals surface area contributed by atoms with E-state index in [0.717, 1.165) is 12.3 Å². The summed E-state index contributed by atoms with van der Waals surface area (Å²) in [5, 5.41) is 7.87. The maximum atomic E-state index is 4.38. The van der Waals surface area contributed by atoms with Crippen molar-refractivity contribution >= 4 is 11.8 Å². The van der Waals surface area contributed by atoms with E-state index in [4.69, 9.17) is 0 Å². The van der Waals surface area contributed by atoms with Crippen molar-refractivity contribution in [2.75, 3.05) is 12.0 Å². The van der Waals surface area contributed by atoms with E-state index in [2.05, 4.69) is 50.6 Å². The topological polar surface area (TPSA) is 29.9 Å². The van der Waals surface area contributed by atoms with Crippen molar-refractivity contribution in [2.24, 2.45) is 0 Å². The molecule has 3 nitrogen and oxygen atoms in total. The first-order valence-electron chi connectivity index (χ1n) is 5.70. The quantitative estimate of drug-likeness (QED) is 0.859. The van der Waals surface area contributed by atoms with Crippen LogP contribution in [0.1, 0.15) is 33.3 Å². The van der Waals surface area contributed by atoms with Gasteiger partial charge in [-0.05, 0) is 34.0 Å². The molecule has 1 rings (SSSR count). The van der Waals surface area contributed by atoms with Gasteiger partial charge < -0.3 is 5.32 Å². The Labute approximate surface area is 103 Å². The lowest BCUT2D eigenvalue weighted by molar-refractivity contribution is 0.355. The Morgan fingerprint density at radius 2 is 2.19 bits per heavy atom. The molecule has 0 fully saturated rings. The molecular formula is C12H23N3S. The van der Waals surface area contributed by atoms with Gasteiger partial charge in [-0.25, -0.2) is 0 Å². The third kappa shape index (κ3) is 4.18. The molecule has 0 bridgehead atoms. The molecule has 4 heteroatoms. The second-order valence-electron chi connectivity index (χ2n) is 5.20. The molecule has 0 aromatic carbocycles. The normalized spacial score (nSPS) is 14.1. The summed E-state index contributed by atoms with van der Waals surface area (Å²) in [6.07, 6.45) is 6.21. The fourth-order valence-electron chi connectivity index (χ4n) is 1.42. The molecular weight excluding hydrogens is 218 g/mol. The van der Waals surface area contributed by atoms with E-state index in [1.807, 2.05) is 22.6 Å². The Morgan fingerprint density at radius 3 is 2.69 bits per heavy atom. The first-order valence-corrected chi connectivity index (χ1v) is 7.09. The highest BCUT2D eigenvalue weighted by Gasteiger charge is 2.13. The fourth-order valence-corrected chi connectivity index (χ4v) is 2.04. The summed E-state index contributed by atoms with van der Waals surface area (Å²) in [6, 6.07) is 0.549. The van der Waals surface area contributed by atoms with E-state index >= 15 is 0 Å². The minimum atomic E-state index is 0.0726. The predicted octanol–water partition coefficient (Wildman–Crippen LogP) is 2.48. The van der Waals surface area contributed by atoms with Gasteiger partial charge in [-0.3, -0.25) is 4.68 Å². The molecule has 0 aliphatic heterocycles. The van der Waals surface area contributed by atoms with Gasteiger partial charge in [-0.2, -0.15) is 16.9 Å². The molecule has 0 radical (unpaired) electrons. The summed E-state index contributed by atoms with van der Waals surface area (Å²) >= 11 is 1.87. The number of hydrogen-bond donors (Lipinski definition) is 1. The molecule has 1 aromatic heterocycles. The van der Waals surface area contributed by atoms with E-state index in [9.17, 15) is 0 Å². The highest BCUT2D eigenvalue weighted by molar-refractivity contribution is 7.98. The van der Waals surface area contributed by atoms with Crippen molar-refractivity contribution in [3.8, 4) is 0 Å². The summed E-state index contributed by atoms with van der Waals surface area (Å²) in [7, 11) is 0. The van der Waals surface area contributed by atoms with Crippen molar-refractivity contribution < 1.29 is 0 Å². The highest BCUT2D eigenvalue weighted by Crippen LogP contribution is 2.13. The SMILES string of the molecule is CSCC(C)NCc1cnn(C(C)(C)C)c1. The predicted molar refractivity (Wildman–Crippen MR) is 71.9 cm³/mol. The van der Waals surface area contributed by atoms with Gasteiger partial charge in [0, 0.05) is 30.1 Å². The van der Waals surface area contributed by atoms with Crippen LogP contribution in [0.25, 0.3) is 0 Å². The van der Waals surface area contributed by atoms with Gasteiger partial charge >= 0.3 is 0 Å². The van der Waals surface area contributed by atoms with Crippen molar-refractivity contribution in [3.63, 3.8) is 0 Å². The van der Waals surface area contributed by atoms with Crippen LogP contribution in [0.2, 0.25) is 0 Å². The van der Waals surface area contributed by atoms with Crippen LogP contribution in [0.3, 0.4) is 0 Å². The summed E-state index contributed by atoms with van der Waals surface area (Å²) in [5.74, 6) is 1.15. The van der Waals surface area contributed by atoms with E-state index in [1.165, 1.54) is 5.56 Å². The number of aromatic nitrogens is 2. The van der Waals surface area contributed by atoms with Crippen molar-refractivity contribution in [2.45, 2.75) is 45.8 Å². The Morgan fingerprint density at radius 1 is 1.50 bits per heavy atom. The van der Waals surface area contributed by atoms with Crippen molar-refractivity contribution in [1.82, 2.24) is 15.1 Å². The Balaban J connectivity index is 2.47. The monoisotopic (exact) mass is 241 g/mol. The Kier molecular flexibility index (Phi) is 4.87. The minimum absolute atomic E-state index is 0.0726. The summed E-state index contributed by atoms with van der Waals surface area (Å²) in [5.41, 5.74) is 1.33. The molecule has 0 aliphatic rings. The lowest BCUT2D eigenvalue weighted by atomic mass is 10.1. The van der Waals surface area contributed by atoms with Crippen LogP contribution < -0.4 is 5.32 Å². The van der Waals surface area contributed by atoms with E-state index in [0.29, 0.717) is 6.04 Å². The maximum absolute atomic E-state index is 4.38. The van der Waals surface area contributed by atoms with Crippen LogP contribution in [0, 0.1) is 0 Å². The van der Waals surface area contributed by atoms with E-state index in [1.54, 1.807) is 0 Å². The van der Waals surface area contributed by atoms with Crippen LogP contribution >= 0.6 is 11.8 Å². The second kappa shape index (κ2) is 5.73. The molecule has 1 unspecified atom stereocenters. The molecule has 1 N–H and O–H groups in total. The van der Waals surface area contributed by atoms with Gasteiger partial charge in [0.2, 0.25) is 0 Å². The van der Waals surface area contributed by atoms with Crippen LogP contribution in [0.4, 0.5) is 0 Å². The zero-order valence-corrected chi connectivity index (χ0v) is 11.8.